The fraction of sp³-hybridized carbons (Fsp3) is 0.588. The van der Waals surface area contributed by atoms with Crippen molar-refractivity contribution in [3.05, 3.63) is 30.1 Å². The smallest absolute Gasteiger partial charge is 0.410 e. The van der Waals surface area contributed by atoms with Crippen LogP contribution in [0, 0.1) is 5.82 Å². The Labute approximate surface area is 142 Å². The zero-order chi connectivity index (χ0) is 18.0. The van der Waals surface area contributed by atoms with Crippen LogP contribution in [0.4, 0.5) is 9.18 Å². The van der Waals surface area contributed by atoms with Crippen LogP contribution < -0.4 is 0 Å². The number of hydrogen-bond donors (Lipinski definition) is 0. The van der Waals surface area contributed by atoms with E-state index < -0.39 is 33.4 Å². The molecule has 1 aromatic carbocycles. The SMILES string of the molecule is CC(C)(C)OC(=O)N1CCCCC1CS(=O)(=O)c1cccc(F)c1. The molecule has 0 N–H and O–H groups in total. The molecule has 1 aromatic rings. The van der Waals surface area contributed by atoms with Gasteiger partial charge < -0.3 is 9.64 Å². The lowest BCUT2D eigenvalue weighted by atomic mass is 10.0. The standard InChI is InChI=1S/C17H24FNO4S/c1-17(2,3)23-16(20)19-10-5-4-8-14(19)12-24(21,22)15-9-6-7-13(18)11-15/h6-7,9,11,14H,4-5,8,10,12H2,1-3H3. The molecule has 1 fully saturated rings. The number of carbonyl (C=O) groups is 1. The van der Waals surface area contributed by atoms with E-state index in [2.05, 4.69) is 0 Å². The predicted molar refractivity (Wildman–Crippen MR) is 89.0 cm³/mol. The topological polar surface area (TPSA) is 63.7 Å². The van der Waals surface area contributed by atoms with E-state index in [1.54, 1.807) is 20.8 Å². The van der Waals surface area contributed by atoms with Gasteiger partial charge in [-0.1, -0.05) is 6.07 Å². The van der Waals surface area contributed by atoms with Crippen LogP contribution in [-0.2, 0) is 14.6 Å². The second-order valence-corrected chi connectivity index (χ2v) is 9.10. The van der Waals surface area contributed by atoms with Gasteiger partial charge >= 0.3 is 6.09 Å². The minimum absolute atomic E-state index is 0.0581. The maximum Gasteiger partial charge on any atom is 0.410 e. The first-order valence-electron chi connectivity index (χ1n) is 8.06. The van der Waals surface area contributed by atoms with Gasteiger partial charge in [0.25, 0.3) is 0 Å². The summed E-state index contributed by atoms with van der Waals surface area (Å²) in [6, 6.07) is 4.50. The Hall–Kier alpha value is -1.63. The Morgan fingerprint density at radius 1 is 1.33 bits per heavy atom. The van der Waals surface area contributed by atoms with Gasteiger partial charge in [0.1, 0.15) is 11.4 Å². The van der Waals surface area contributed by atoms with Gasteiger partial charge in [-0.15, -0.1) is 0 Å². The van der Waals surface area contributed by atoms with E-state index in [4.69, 9.17) is 4.74 Å². The normalized spacial score (nSPS) is 19.2. The van der Waals surface area contributed by atoms with Crippen molar-refractivity contribution in [2.24, 2.45) is 0 Å². The maximum atomic E-state index is 13.3. The average Bonchev–Trinajstić information content (AvgIpc) is 2.45. The van der Waals surface area contributed by atoms with Crippen LogP contribution >= 0.6 is 0 Å². The molecule has 1 heterocycles. The first-order valence-corrected chi connectivity index (χ1v) is 9.72. The number of benzene rings is 1. The van der Waals surface area contributed by atoms with Crippen molar-refractivity contribution >= 4 is 15.9 Å². The zero-order valence-corrected chi connectivity index (χ0v) is 15.1. The quantitative estimate of drug-likeness (QED) is 0.832. The van der Waals surface area contributed by atoms with Crippen LogP contribution in [0.25, 0.3) is 0 Å². The molecule has 7 heteroatoms. The first kappa shape index (κ1) is 18.7. The number of ether oxygens (including phenoxy) is 1. The summed E-state index contributed by atoms with van der Waals surface area (Å²) in [5.41, 5.74) is -0.638. The second kappa shape index (κ2) is 7.09. The Morgan fingerprint density at radius 2 is 2.04 bits per heavy atom. The highest BCUT2D eigenvalue weighted by molar-refractivity contribution is 7.91. The number of sulfone groups is 1. The van der Waals surface area contributed by atoms with Gasteiger partial charge in [0.05, 0.1) is 10.6 Å². The van der Waals surface area contributed by atoms with E-state index >= 15 is 0 Å². The molecule has 5 nitrogen and oxygen atoms in total. The highest BCUT2D eigenvalue weighted by atomic mass is 32.2. The summed E-state index contributed by atoms with van der Waals surface area (Å²) in [5, 5.41) is 0. The molecule has 1 aliphatic rings. The van der Waals surface area contributed by atoms with E-state index in [9.17, 15) is 17.6 Å². The summed E-state index contributed by atoms with van der Waals surface area (Å²) >= 11 is 0. The molecule has 1 unspecified atom stereocenters. The third-order valence-corrected chi connectivity index (χ3v) is 5.62. The van der Waals surface area contributed by atoms with Crippen molar-refractivity contribution in [1.82, 2.24) is 4.90 Å². The number of hydrogen-bond acceptors (Lipinski definition) is 4. The molecule has 134 valence electrons. The van der Waals surface area contributed by atoms with E-state index in [0.717, 1.165) is 18.9 Å². The van der Waals surface area contributed by atoms with E-state index in [1.165, 1.54) is 23.1 Å². The lowest BCUT2D eigenvalue weighted by Crippen LogP contribution is -2.48. The monoisotopic (exact) mass is 357 g/mol. The molecule has 1 saturated heterocycles. The Balaban J connectivity index is 2.17. The molecular formula is C17H24FNO4S. The molecule has 1 amide bonds. The third-order valence-electron chi connectivity index (χ3n) is 3.82. The van der Waals surface area contributed by atoms with Gasteiger partial charge in [0.2, 0.25) is 0 Å². The van der Waals surface area contributed by atoms with Crippen molar-refractivity contribution in [3.63, 3.8) is 0 Å². The highest BCUT2D eigenvalue weighted by Gasteiger charge is 2.34. The first-order chi connectivity index (χ1) is 11.1. The molecule has 0 saturated carbocycles. The lowest BCUT2D eigenvalue weighted by molar-refractivity contribution is 0.0124. The van der Waals surface area contributed by atoms with Crippen molar-refractivity contribution in [2.75, 3.05) is 12.3 Å². The Morgan fingerprint density at radius 3 is 2.67 bits per heavy atom. The van der Waals surface area contributed by atoms with Crippen LogP contribution in [0.15, 0.2) is 29.2 Å². The Kier molecular flexibility index (Phi) is 5.52. The molecule has 1 aliphatic heterocycles. The second-order valence-electron chi connectivity index (χ2n) is 7.06. The van der Waals surface area contributed by atoms with Crippen LogP contribution in [0.1, 0.15) is 40.0 Å². The number of halogens is 1. The average molecular weight is 357 g/mol. The van der Waals surface area contributed by atoms with E-state index in [1.807, 2.05) is 0 Å². The van der Waals surface area contributed by atoms with Crippen molar-refractivity contribution in [3.8, 4) is 0 Å². The summed E-state index contributed by atoms with van der Waals surface area (Å²) in [6.07, 6.45) is 1.76. The summed E-state index contributed by atoms with van der Waals surface area (Å²) in [7, 11) is -3.68. The molecular weight excluding hydrogens is 333 g/mol. The minimum atomic E-state index is -3.68. The number of nitrogens with zero attached hydrogens (tertiary/aromatic N) is 1. The van der Waals surface area contributed by atoms with Gasteiger partial charge in [0.15, 0.2) is 9.84 Å². The molecule has 0 bridgehead atoms. The fourth-order valence-electron chi connectivity index (χ4n) is 2.74. The number of rotatable bonds is 3. The molecule has 2 rings (SSSR count). The van der Waals surface area contributed by atoms with Crippen LogP contribution in [-0.4, -0.2) is 43.4 Å². The third kappa shape index (κ3) is 4.93. The number of carbonyl (C=O) groups excluding carboxylic acids is 1. The van der Waals surface area contributed by atoms with Crippen molar-refractivity contribution in [1.29, 1.82) is 0 Å². The highest BCUT2D eigenvalue weighted by Crippen LogP contribution is 2.24. The predicted octanol–water partition coefficient (Wildman–Crippen LogP) is 3.39. The Bertz CT molecular complexity index is 697. The van der Waals surface area contributed by atoms with Gasteiger partial charge in [-0.2, -0.15) is 0 Å². The summed E-state index contributed by atoms with van der Waals surface area (Å²) in [5.74, 6) is -0.820. The fourth-order valence-corrected chi connectivity index (χ4v) is 4.37. The van der Waals surface area contributed by atoms with E-state index in [0.29, 0.717) is 13.0 Å². The summed E-state index contributed by atoms with van der Waals surface area (Å²) < 4.78 is 43.8. The van der Waals surface area contributed by atoms with Crippen molar-refractivity contribution < 1.29 is 22.3 Å². The zero-order valence-electron chi connectivity index (χ0n) is 14.3. The molecule has 1 atom stereocenters. The largest absolute Gasteiger partial charge is 0.444 e. The number of likely N-dealkylation sites (tertiary alicyclic amines) is 1. The van der Waals surface area contributed by atoms with Gasteiger partial charge in [-0.05, 0) is 58.2 Å². The molecule has 0 spiro atoms. The van der Waals surface area contributed by atoms with Crippen LogP contribution in [0.2, 0.25) is 0 Å². The lowest BCUT2D eigenvalue weighted by Gasteiger charge is -2.36. The summed E-state index contributed by atoms with van der Waals surface area (Å²) in [6.45, 7) is 5.78. The van der Waals surface area contributed by atoms with Crippen LogP contribution in [0.3, 0.4) is 0 Å². The van der Waals surface area contributed by atoms with Gasteiger partial charge in [-0.3, -0.25) is 0 Å². The molecule has 24 heavy (non-hydrogen) atoms. The van der Waals surface area contributed by atoms with Gasteiger partial charge in [-0.25, -0.2) is 17.6 Å². The molecule has 0 aromatic heterocycles. The minimum Gasteiger partial charge on any atom is -0.444 e. The number of piperidine rings is 1. The maximum absolute atomic E-state index is 13.3. The van der Waals surface area contributed by atoms with Gasteiger partial charge in [0, 0.05) is 12.6 Å². The molecule has 0 aliphatic carbocycles. The van der Waals surface area contributed by atoms with E-state index in [-0.39, 0.29) is 10.6 Å². The summed E-state index contributed by atoms with van der Waals surface area (Å²) in [4.78, 5) is 13.8. The number of amides is 1. The van der Waals surface area contributed by atoms with Crippen molar-refractivity contribution in [2.45, 2.75) is 56.6 Å². The molecule has 0 radical (unpaired) electrons. The van der Waals surface area contributed by atoms with Crippen LogP contribution in [0.5, 0.6) is 0 Å².